The van der Waals surface area contributed by atoms with Crippen molar-refractivity contribution in [1.29, 1.82) is 5.26 Å². The molecule has 4 rings (SSSR count). The summed E-state index contributed by atoms with van der Waals surface area (Å²) in [4.78, 5) is 0. The molecule has 5 unspecified atom stereocenters. The number of aliphatic hydroxyl groups is 1. The van der Waals surface area contributed by atoms with Crippen LogP contribution in [0, 0.1) is 35.9 Å². The van der Waals surface area contributed by atoms with Crippen LogP contribution in [-0.2, 0) is 13.2 Å². The minimum atomic E-state index is -0.223. The zero-order valence-electron chi connectivity index (χ0n) is 17.5. The van der Waals surface area contributed by atoms with E-state index in [1.54, 1.807) is 6.07 Å². The Hall–Kier alpha value is -2.30. The average Bonchev–Trinajstić information content (AvgIpc) is 3.16. The molecule has 2 aromatic carbocycles. The molecule has 0 spiro atoms. The number of fused-ring (bicyclic) bond motifs is 1. The molecule has 4 N–H and O–H groups in total. The van der Waals surface area contributed by atoms with Gasteiger partial charge in [0.15, 0.2) is 0 Å². The summed E-state index contributed by atoms with van der Waals surface area (Å²) >= 11 is 0. The fourth-order valence-electron chi connectivity index (χ4n) is 5.30. The summed E-state index contributed by atoms with van der Waals surface area (Å²) in [5.74, 6) is -0.290. The van der Waals surface area contributed by atoms with E-state index in [0.29, 0.717) is 18.5 Å². The number of hydrogen-bond donors (Lipinski definition) is 4. The number of aliphatic hydroxyl groups excluding tert-OH is 1. The molecule has 2 aliphatic rings. The number of benzene rings is 2. The van der Waals surface area contributed by atoms with Gasteiger partial charge in [0.1, 0.15) is 5.82 Å². The molecule has 0 amide bonds. The third-order valence-electron chi connectivity index (χ3n) is 6.72. The smallest absolute Gasteiger partial charge is 0.127 e. The number of nitrogens with zero attached hydrogens (tertiary/aromatic N) is 1. The number of aryl methyl sites for hydroxylation is 1. The molecule has 1 aliphatic carbocycles. The number of hydrazine groups is 1. The third-order valence-corrected chi connectivity index (χ3v) is 6.72. The highest BCUT2D eigenvalue weighted by Crippen LogP contribution is 2.48. The van der Waals surface area contributed by atoms with Gasteiger partial charge in [-0.3, -0.25) is 5.43 Å². The summed E-state index contributed by atoms with van der Waals surface area (Å²) in [6.45, 7) is 2.60. The number of nitriles is 1. The van der Waals surface area contributed by atoms with Crippen molar-refractivity contribution in [3.8, 4) is 6.07 Å². The van der Waals surface area contributed by atoms with Crippen LogP contribution in [0.1, 0.15) is 52.6 Å². The van der Waals surface area contributed by atoms with Crippen LogP contribution < -0.4 is 16.2 Å². The lowest BCUT2D eigenvalue weighted by atomic mass is 9.66. The second-order valence-corrected chi connectivity index (χ2v) is 8.59. The van der Waals surface area contributed by atoms with Gasteiger partial charge in [-0.25, -0.2) is 9.82 Å². The van der Waals surface area contributed by atoms with Gasteiger partial charge in [0.2, 0.25) is 0 Å². The van der Waals surface area contributed by atoms with E-state index >= 15 is 4.39 Å². The Morgan fingerprint density at radius 3 is 2.57 bits per heavy atom. The van der Waals surface area contributed by atoms with Crippen molar-refractivity contribution >= 4 is 0 Å². The maximum Gasteiger partial charge on any atom is 0.127 e. The number of halogens is 1. The van der Waals surface area contributed by atoms with Crippen molar-refractivity contribution in [3.63, 3.8) is 0 Å². The molecule has 0 radical (unpaired) electrons. The summed E-state index contributed by atoms with van der Waals surface area (Å²) in [5.41, 5.74) is 11.3. The van der Waals surface area contributed by atoms with E-state index in [9.17, 15) is 10.4 Å². The van der Waals surface area contributed by atoms with Crippen LogP contribution in [0.2, 0.25) is 0 Å². The molecule has 5 atom stereocenters. The molecule has 0 bridgehead atoms. The van der Waals surface area contributed by atoms with Gasteiger partial charge in [0.25, 0.3) is 0 Å². The highest BCUT2D eigenvalue weighted by molar-refractivity contribution is 5.38. The molecule has 2 fully saturated rings. The van der Waals surface area contributed by atoms with E-state index in [-0.39, 0.29) is 42.3 Å². The van der Waals surface area contributed by atoms with Crippen LogP contribution in [0.5, 0.6) is 0 Å². The van der Waals surface area contributed by atoms with Gasteiger partial charge < -0.3 is 10.4 Å². The molecule has 0 aromatic heterocycles. The van der Waals surface area contributed by atoms with Crippen molar-refractivity contribution in [1.82, 2.24) is 16.2 Å². The first-order valence-corrected chi connectivity index (χ1v) is 10.6. The lowest BCUT2D eigenvalue weighted by Crippen LogP contribution is -2.39. The van der Waals surface area contributed by atoms with Gasteiger partial charge >= 0.3 is 0 Å². The molecule has 6 heteroatoms. The van der Waals surface area contributed by atoms with Crippen molar-refractivity contribution < 1.29 is 9.50 Å². The first kappa shape index (κ1) is 21.0. The van der Waals surface area contributed by atoms with Gasteiger partial charge in [-0.15, -0.1) is 0 Å². The number of nitrogens with one attached hydrogen (secondary N) is 3. The zero-order chi connectivity index (χ0) is 21.3. The van der Waals surface area contributed by atoms with Gasteiger partial charge in [-0.05, 0) is 66.6 Å². The normalized spacial score (nSPS) is 28.2. The Morgan fingerprint density at radius 2 is 1.93 bits per heavy atom. The molecular weight excluding hydrogens is 379 g/mol. The standard InChI is InChI=1S/C24H29FN4O/c1-14-7-16(12-27-2)8-21(25)23(14)19-10-20-22(9-18(19)11-26)28-29-24(20)17-5-3-15(13-30)4-6-17/h3-8,18-20,22,24,27-30H,9-10,12-13H2,1-2H3. The third kappa shape index (κ3) is 3.86. The lowest BCUT2D eigenvalue weighted by molar-refractivity contribution is 0.234. The summed E-state index contributed by atoms with van der Waals surface area (Å²) in [6, 6.07) is 14.3. The Kier molecular flexibility index (Phi) is 6.16. The van der Waals surface area contributed by atoms with Crippen molar-refractivity contribution in [3.05, 3.63) is 70.0 Å². The fourth-order valence-corrected chi connectivity index (χ4v) is 5.30. The highest BCUT2D eigenvalue weighted by Gasteiger charge is 2.46. The van der Waals surface area contributed by atoms with Gasteiger partial charge in [-0.2, -0.15) is 5.26 Å². The first-order chi connectivity index (χ1) is 14.5. The van der Waals surface area contributed by atoms with E-state index in [4.69, 9.17) is 0 Å². The van der Waals surface area contributed by atoms with Crippen LogP contribution in [0.3, 0.4) is 0 Å². The maximum absolute atomic E-state index is 15.2. The van der Waals surface area contributed by atoms with Crippen molar-refractivity contribution in [2.75, 3.05) is 7.05 Å². The van der Waals surface area contributed by atoms with Crippen molar-refractivity contribution in [2.45, 2.75) is 50.9 Å². The van der Waals surface area contributed by atoms with E-state index in [0.717, 1.165) is 28.7 Å². The molecular formula is C24H29FN4O. The minimum Gasteiger partial charge on any atom is -0.392 e. The van der Waals surface area contributed by atoms with Crippen LogP contribution in [-0.4, -0.2) is 18.2 Å². The van der Waals surface area contributed by atoms with E-state index in [1.807, 2.05) is 44.3 Å². The molecule has 158 valence electrons. The highest BCUT2D eigenvalue weighted by atomic mass is 19.1. The molecule has 1 aliphatic heterocycles. The predicted molar refractivity (Wildman–Crippen MR) is 114 cm³/mol. The second kappa shape index (κ2) is 8.83. The molecule has 1 saturated heterocycles. The Bertz CT molecular complexity index is 916. The average molecular weight is 409 g/mol. The second-order valence-electron chi connectivity index (χ2n) is 8.59. The lowest BCUT2D eigenvalue weighted by Gasteiger charge is -2.37. The summed E-state index contributed by atoms with van der Waals surface area (Å²) < 4.78 is 15.2. The monoisotopic (exact) mass is 408 g/mol. The van der Waals surface area contributed by atoms with Crippen molar-refractivity contribution in [2.24, 2.45) is 11.8 Å². The van der Waals surface area contributed by atoms with Gasteiger partial charge in [0, 0.05) is 18.5 Å². The number of rotatable bonds is 5. The largest absolute Gasteiger partial charge is 0.392 e. The van der Waals surface area contributed by atoms with E-state index in [2.05, 4.69) is 22.2 Å². The summed E-state index contributed by atoms with van der Waals surface area (Å²) in [5, 5.41) is 22.2. The molecule has 1 heterocycles. The van der Waals surface area contributed by atoms with Gasteiger partial charge in [0.05, 0.1) is 24.6 Å². The van der Waals surface area contributed by atoms with E-state index in [1.165, 1.54) is 0 Å². The SMILES string of the molecule is CNCc1cc(C)c(C2CC3C(CC2C#N)NNC3c2ccc(CO)cc2)c(F)c1. The fraction of sp³-hybridized carbons (Fsp3) is 0.458. The van der Waals surface area contributed by atoms with Crippen LogP contribution in [0.4, 0.5) is 4.39 Å². The minimum absolute atomic E-state index is 0.0245. The van der Waals surface area contributed by atoms with Crippen LogP contribution in [0.15, 0.2) is 36.4 Å². The van der Waals surface area contributed by atoms with Crippen LogP contribution >= 0.6 is 0 Å². The Labute approximate surface area is 177 Å². The van der Waals surface area contributed by atoms with Gasteiger partial charge in [-0.1, -0.05) is 30.3 Å². The topological polar surface area (TPSA) is 80.1 Å². The number of hydrogen-bond acceptors (Lipinski definition) is 5. The molecule has 5 nitrogen and oxygen atoms in total. The van der Waals surface area contributed by atoms with Crippen LogP contribution in [0.25, 0.3) is 0 Å². The molecule has 30 heavy (non-hydrogen) atoms. The maximum atomic E-state index is 15.2. The molecule has 1 saturated carbocycles. The first-order valence-electron chi connectivity index (χ1n) is 10.6. The zero-order valence-corrected chi connectivity index (χ0v) is 17.5. The summed E-state index contributed by atoms with van der Waals surface area (Å²) in [7, 11) is 1.85. The summed E-state index contributed by atoms with van der Waals surface area (Å²) in [6.07, 6.45) is 1.44. The molecule has 2 aromatic rings. The Balaban J connectivity index is 1.64. The predicted octanol–water partition coefficient (Wildman–Crippen LogP) is 3.20. The quantitative estimate of drug-likeness (QED) is 0.611. The Morgan fingerprint density at radius 1 is 1.17 bits per heavy atom. The van der Waals surface area contributed by atoms with E-state index < -0.39 is 0 Å².